The molecule has 0 fully saturated rings. The van der Waals surface area contributed by atoms with E-state index >= 15 is 0 Å². The molecule has 106 valence electrons. The molecule has 0 amide bonds. The molecule has 0 bridgehead atoms. The van der Waals surface area contributed by atoms with Gasteiger partial charge in [0.2, 0.25) is 0 Å². The molecule has 0 aliphatic heterocycles. The van der Waals surface area contributed by atoms with Crippen LogP contribution in [0.15, 0.2) is 18.2 Å². The van der Waals surface area contributed by atoms with Gasteiger partial charge in [-0.25, -0.2) is 9.48 Å². The lowest BCUT2D eigenvalue weighted by Crippen LogP contribution is -2.11. The van der Waals surface area contributed by atoms with Crippen molar-refractivity contribution in [2.75, 3.05) is 6.61 Å². The lowest BCUT2D eigenvalue weighted by Gasteiger charge is -2.08. The number of aryl methyl sites for hydroxylation is 1. The first kappa shape index (κ1) is 14.3. The summed E-state index contributed by atoms with van der Waals surface area (Å²) in [5.41, 5.74) is 1.41. The molecule has 2 aromatic rings. The number of carboxylic acids is 1. The van der Waals surface area contributed by atoms with Crippen molar-refractivity contribution in [3.63, 3.8) is 0 Å². The molecule has 1 N–H and O–H groups in total. The lowest BCUT2D eigenvalue weighted by atomic mass is 10.2. The van der Waals surface area contributed by atoms with Crippen LogP contribution in [0.5, 0.6) is 5.75 Å². The van der Waals surface area contributed by atoms with Crippen molar-refractivity contribution in [3.8, 4) is 5.75 Å². The number of aromatic carboxylic acids is 1. The lowest BCUT2D eigenvalue weighted by molar-refractivity contribution is 0.0689. The maximum atomic E-state index is 10.8. The first-order valence-electron chi connectivity index (χ1n) is 6.01. The van der Waals surface area contributed by atoms with Crippen molar-refractivity contribution in [2.45, 2.75) is 20.4 Å². The van der Waals surface area contributed by atoms with Gasteiger partial charge in [-0.3, -0.25) is 0 Å². The van der Waals surface area contributed by atoms with Crippen LogP contribution in [0.3, 0.4) is 0 Å². The molecule has 2 rings (SSSR count). The van der Waals surface area contributed by atoms with Gasteiger partial charge in [0.15, 0.2) is 5.69 Å². The highest BCUT2D eigenvalue weighted by Crippen LogP contribution is 2.21. The van der Waals surface area contributed by atoms with E-state index in [1.165, 1.54) is 4.68 Å². The van der Waals surface area contributed by atoms with E-state index in [2.05, 4.69) is 10.3 Å². The van der Waals surface area contributed by atoms with E-state index in [-0.39, 0.29) is 5.69 Å². The van der Waals surface area contributed by atoms with Crippen LogP contribution in [0.2, 0.25) is 5.02 Å². The molecule has 0 aliphatic carbocycles. The van der Waals surface area contributed by atoms with Crippen LogP contribution >= 0.6 is 11.6 Å². The minimum absolute atomic E-state index is 0.0349. The summed E-state index contributed by atoms with van der Waals surface area (Å²) in [5.74, 6) is -0.369. The van der Waals surface area contributed by atoms with Gasteiger partial charge >= 0.3 is 5.97 Å². The fourth-order valence-corrected chi connectivity index (χ4v) is 1.84. The van der Waals surface area contributed by atoms with Crippen LogP contribution in [0, 0.1) is 13.8 Å². The maximum absolute atomic E-state index is 10.8. The third-order valence-electron chi connectivity index (χ3n) is 2.89. The Balaban J connectivity index is 1.96. The quantitative estimate of drug-likeness (QED) is 0.916. The third kappa shape index (κ3) is 3.08. The van der Waals surface area contributed by atoms with Crippen molar-refractivity contribution in [3.05, 3.63) is 40.2 Å². The highest BCUT2D eigenvalue weighted by molar-refractivity contribution is 6.31. The predicted molar refractivity (Wildman–Crippen MR) is 73.4 cm³/mol. The smallest absolute Gasteiger partial charge is 0.358 e. The summed E-state index contributed by atoms with van der Waals surface area (Å²) in [5, 5.41) is 17.0. The van der Waals surface area contributed by atoms with Gasteiger partial charge in [0, 0.05) is 5.02 Å². The molecule has 1 heterocycles. The van der Waals surface area contributed by atoms with Crippen molar-refractivity contribution in [1.29, 1.82) is 0 Å². The minimum atomic E-state index is -1.08. The highest BCUT2D eigenvalue weighted by Gasteiger charge is 2.14. The number of hydrogen-bond acceptors (Lipinski definition) is 4. The molecule has 7 heteroatoms. The molecular weight excluding hydrogens is 282 g/mol. The van der Waals surface area contributed by atoms with Gasteiger partial charge in [0.25, 0.3) is 0 Å². The van der Waals surface area contributed by atoms with Crippen molar-refractivity contribution >= 4 is 17.6 Å². The van der Waals surface area contributed by atoms with Gasteiger partial charge in [-0.15, -0.1) is 5.10 Å². The molecule has 20 heavy (non-hydrogen) atoms. The highest BCUT2D eigenvalue weighted by atomic mass is 35.5. The molecule has 1 aromatic carbocycles. The Labute approximate surface area is 120 Å². The summed E-state index contributed by atoms with van der Waals surface area (Å²) in [6.07, 6.45) is 0. The second-order valence-corrected chi connectivity index (χ2v) is 4.72. The van der Waals surface area contributed by atoms with Crippen LogP contribution in [-0.4, -0.2) is 32.7 Å². The van der Waals surface area contributed by atoms with E-state index < -0.39 is 5.97 Å². The van der Waals surface area contributed by atoms with Gasteiger partial charge < -0.3 is 9.84 Å². The van der Waals surface area contributed by atoms with Gasteiger partial charge in [-0.1, -0.05) is 16.8 Å². The number of carbonyl (C=O) groups is 1. The number of halogens is 1. The number of benzene rings is 1. The predicted octanol–water partition coefficient (Wildman–Crippen LogP) is 2.33. The average Bonchev–Trinajstić information content (AvgIpc) is 2.76. The van der Waals surface area contributed by atoms with E-state index in [9.17, 15) is 4.79 Å². The Morgan fingerprint density at radius 3 is 2.80 bits per heavy atom. The minimum Gasteiger partial charge on any atom is -0.492 e. The number of ether oxygens (including phenoxy) is 1. The second kappa shape index (κ2) is 5.92. The summed E-state index contributed by atoms with van der Waals surface area (Å²) >= 11 is 5.93. The molecule has 0 radical (unpaired) electrons. The molecule has 6 nitrogen and oxygen atoms in total. The van der Waals surface area contributed by atoms with Crippen LogP contribution < -0.4 is 4.74 Å². The Kier molecular flexibility index (Phi) is 4.24. The maximum Gasteiger partial charge on any atom is 0.358 e. The zero-order chi connectivity index (χ0) is 14.7. The standard InChI is InChI=1S/C13H14ClN3O3/c1-8-7-10(3-4-11(8)14)20-6-5-17-9(2)12(13(18)19)15-16-17/h3-4,7H,5-6H2,1-2H3,(H,18,19). The number of nitrogens with zero attached hydrogens (tertiary/aromatic N) is 3. The Hall–Kier alpha value is -2.08. The summed E-state index contributed by atoms with van der Waals surface area (Å²) in [4.78, 5) is 10.8. The fourth-order valence-electron chi connectivity index (χ4n) is 1.73. The van der Waals surface area contributed by atoms with Gasteiger partial charge in [0.1, 0.15) is 12.4 Å². The van der Waals surface area contributed by atoms with Crippen LogP contribution in [-0.2, 0) is 6.54 Å². The first-order chi connectivity index (χ1) is 9.49. The van der Waals surface area contributed by atoms with E-state index in [1.807, 2.05) is 13.0 Å². The SMILES string of the molecule is Cc1cc(OCCn2nnc(C(=O)O)c2C)ccc1Cl. The number of rotatable bonds is 5. The monoisotopic (exact) mass is 295 g/mol. The Bertz CT molecular complexity index is 640. The zero-order valence-electron chi connectivity index (χ0n) is 11.1. The number of hydrogen-bond donors (Lipinski definition) is 1. The van der Waals surface area contributed by atoms with Crippen molar-refractivity contribution in [2.24, 2.45) is 0 Å². The molecule has 0 aliphatic rings. The average molecular weight is 296 g/mol. The summed E-state index contributed by atoms with van der Waals surface area (Å²) in [7, 11) is 0. The molecule has 0 spiro atoms. The Morgan fingerprint density at radius 2 is 2.20 bits per heavy atom. The molecule has 0 saturated carbocycles. The third-order valence-corrected chi connectivity index (χ3v) is 3.31. The topological polar surface area (TPSA) is 77.2 Å². The van der Waals surface area contributed by atoms with Crippen LogP contribution in [0.1, 0.15) is 21.7 Å². The van der Waals surface area contributed by atoms with E-state index in [4.69, 9.17) is 21.4 Å². The van der Waals surface area contributed by atoms with E-state index in [0.717, 1.165) is 5.56 Å². The molecule has 1 aromatic heterocycles. The normalized spacial score (nSPS) is 10.6. The van der Waals surface area contributed by atoms with Crippen molar-refractivity contribution < 1.29 is 14.6 Å². The molecule has 0 unspecified atom stereocenters. The zero-order valence-corrected chi connectivity index (χ0v) is 11.9. The molecule has 0 atom stereocenters. The van der Waals surface area contributed by atoms with Crippen LogP contribution in [0.25, 0.3) is 0 Å². The Morgan fingerprint density at radius 1 is 1.45 bits per heavy atom. The molecule has 0 saturated heterocycles. The van der Waals surface area contributed by atoms with E-state index in [1.54, 1.807) is 19.1 Å². The van der Waals surface area contributed by atoms with Gasteiger partial charge in [-0.2, -0.15) is 0 Å². The molecular formula is C13H14ClN3O3. The van der Waals surface area contributed by atoms with Crippen LogP contribution in [0.4, 0.5) is 0 Å². The van der Waals surface area contributed by atoms with E-state index in [0.29, 0.717) is 29.6 Å². The number of aromatic nitrogens is 3. The first-order valence-corrected chi connectivity index (χ1v) is 6.39. The number of carboxylic acid groups (broad SMARTS) is 1. The van der Waals surface area contributed by atoms with Gasteiger partial charge in [0.05, 0.1) is 12.2 Å². The largest absolute Gasteiger partial charge is 0.492 e. The van der Waals surface area contributed by atoms with Crippen molar-refractivity contribution in [1.82, 2.24) is 15.0 Å². The summed E-state index contributed by atoms with van der Waals surface area (Å²) in [6.45, 7) is 4.35. The summed E-state index contributed by atoms with van der Waals surface area (Å²) < 4.78 is 7.08. The van der Waals surface area contributed by atoms with Gasteiger partial charge in [-0.05, 0) is 37.6 Å². The summed E-state index contributed by atoms with van der Waals surface area (Å²) in [6, 6.07) is 5.40. The second-order valence-electron chi connectivity index (χ2n) is 4.31. The fraction of sp³-hybridized carbons (Fsp3) is 0.308.